The molecule has 23 heavy (non-hydrogen) atoms. The topological polar surface area (TPSA) is 84.9 Å². The molecule has 0 bridgehead atoms. The first-order chi connectivity index (χ1) is 10.9. The highest BCUT2D eigenvalue weighted by atomic mass is 16.5. The van der Waals surface area contributed by atoms with Crippen LogP contribution in [0.2, 0.25) is 0 Å². The summed E-state index contributed by atoms with van der Waals surface area (Å²) in [7, 11) is 0. The molecule has 1 atom stereocenters. The normalized spacial score (nSPS) is 11.8. The Balaban J connectivity index is 2.49. The number of nitrogens with one attached hydrogen (secondary N) is 1. The molecule has 2 N–H and O–H groups in total. The number of carboxylic acids is 1. The molecule has 6 heteroatoms. The summed E-state index contributed by atoms with van der Waals surface area (Å²) >= 11 is 0. The van der Waals surface area contributed by atoms with Crippen LogP contribution in [0.5, 0.6) is 11.5 Å². The van der Waals surface area contributed by atoms with E-state index in [4.69, 9.17) is 14.6 Å². The van der Waals surface area contributed by atoms with E-state index in [0.717, 1.165) is 0 Å². The second kappa shape index (κ2) is 9.71. The summed E-state index contributed by atoms with van der Waals surface area (Å²) in [5.74, 6) is 0.0929. The summed E-state index contributed by atoms with van der Waals surface area (Å²) in [5, 5.41) is 11.5. The van der Waals surface area contributed by atoms with Crippen molar-refractivity contribution in [2.24, 2.45) is 5.92 Å². The van der Waals surface area contributed by atoms with Gasteiger partial charge < -0.3 is 19.9 Å². The Hall–Kier alpha value is -2.24. The van der Waals surface area contributed by atoms with Gasteiger partial charge in [0, 0.05) is 6.07 Å². The van der Waals surface area contributed by atoms with E-state index >= 15 is 0 Å². The Labute approximate surface area is 136 Å². The third-order valence-electron chi connectivity index (χ3n) is 2.97. The van der Waals surface area contributed by atoms with Crippen molar-refractivity contribution in [2.45, 2.75) is 39.7 Å². The number of hydrogen-bond donors (Lipinski definition) is 2. The highest BCUT2D eigenvalue weighted by molar-refractivity contribution is 5.84. The van der Waals surface area contributed by atoms with Crippen LogP contribution in [0.3, 0.4) is 0 Å². The largest absolute Gasteiger partial charge is 0.493 e. The number of ether oxygens (including phenoxy) is 2. The summed E-state index contributed by atoms with van der Waals surface area (Å²) < 4.78 is 11.0. The summed E-state index contributed by atoms with van der Waals surface area (Å²) in [4.78, 5) is 22.8. The molecule has 0 aliphatic heterocycles. The predicted molar refractivity (Wildman–Crippen MR) is 86.7 cm³/mol. The van der Waals surface area contributed by atoms with Gasteiger partial charge in [0.2, 0.25) is 0 Å². The lowest BCUT2D eigenvalue weighted by molar-refractivity contribution is -0.142. The monoisotopic (exact) mass is 323 g/mol. The maximum absolute atomic E-state index is 11.8. The molecule has 1 unspecified atom stereocenters. The van der Waals surface area contributed by atoms with E-state index in [1.54, 1.807) is 18.2 Å². The van der Waals surface area contributed by atoms with Crippen molar-refractivity contribution in [3.63, 3.8) is 0 Å². The van der Waals surface area contributed by atoms with Gasteiger partial charge in [-0.15, -0.1) is 0 Å². The molecule has 0 aliphatic rings. The number of amides is 1. The highest BCUT2D eigenvalue weighted by Crippen LogP contribution is 2.19. The van der Waals surface area contributed by atoms with Crippen molar-refractivity contribution < 1.29 is 24.2 Å². The summed E-state index contributed by atoms with van der Waals surface area (Å²) in [6, 6.07) is 6.14. The Bertz CT molecular complexity index is 515. The number of hydrogen-bond acceptors (Lipinski definition) is 4. The van der Waals surface area contributed by atoms with Crippen molar-refractivity contribution in [1.29, 1.82) is 0 Å². The zero-order chi connectivity index (χ0) is 17.2. The van der Waals surface area contributed by atoms with Crippen LogP contribution in [0.25, 0.3) is 0 Å². The van der Waals surface area contributed by atoms with Gasteiger partial charge in [-0.05, 0) is 24.5 Å². The lowest BCUT2D eigenvalue weighted by Crippen LogP contribution is -2.42. The molecular weight excluding hydrogens is 298 g/mol. The molecule has 0 aliphatic carbocycles. The Kier molecular flexibility index (Phi) is 7.94. The second-order valence-electron chi connectivity index (χ2n) is 5.72. The first-order valence-electron chi connectivity index (χ1n) is 7.80. The second-order valence-corrected chi connectivity index (χ2v) is 5.72. The smallest absolute Gasteiger partial charge is 0.326 e. The van der Waals surface area contributed by atoms with E-state index in [0.29, 0.717) is 36.9 Å². The molecule has 6 nitrogen and oxygen atoms in total. The molecule has 0 aromatic heterocycles. The average molecular weight is 323 g/mol. The van der Waals surface area contributed by atoms with Gasteiger partial charge in [-0.3, -0.25) is 4.79 Å². The van der Waals surface area contributed by atoms with Crippen LogP contribution >= 0.6 is 0 Å². The lowest BCUT2D eigenvalue weighted by atomic mass is 10.2. The van der Waals surface area contributed by atoms with Crippen molar-refractivity contribution in [2.75, 3.05) is 13.2 Å². The fourth-order valence-electron chi connectivity index (χ4n) is 1.85. The van der Waals surface area contributed by atoms with Gasteiger partial charge in [0.05, 0.1) is 6.61 Å². The third kappa shape index (κ3) is 7.54. The minimum absolute atomic E-state index is 0.235. The fourth-order valence-corrected chi connectivity index (χ4v) is 1.85. The molecule has 0 radical (unpaired) electrons. The minimum Gasteiger partial charge on any atom is -0.493 e. The van der Waals surface area contributed by atoms with Crippen molar-refractivity contribution in [3.05, 3.63) is 24.3 Å². The number of benzene rings is 1. The molecule has 1 amide bonds. The minimum atomic E-state index is -1.04. The molecule has 1 aromatic carbocycles. The van der Waals surface area contributed by atoms with Gasteiger partial charge in [-0.1, -0.05) is 33.3 Å². The van der Waals surface area contributed by atoms with E-state index in [2.05, 4.69) is 19.2 Å². The molecule has 0 spiro atoms. The standard InChI is InChI=1S/C17H25NO5/c1-4-6-15(17(20)21)18-16(19)11-23-14-8-5-7-13(9-14)22-10-12(2)3/h5,7-9,12,15H,4,6,10-11H2,1-3H3,(H,18,19)(H,20,21). The van der Waals surface area contributed by atoms with Gasteiger partial charge in [0.1, 0.15) is 17.5 Å². The van der Waals surface area contributed by atoms with E-state index in [1.807, 2.05) is 13.0 Å². The molecule has 0 saturated carbocycles. The van der Waals surface area contributed by atoms with E-state index in [-0.39, 0.29) is 6.61 Å². The van der Waals surface area contributed by atoms with Gasteiger partial charge in [0.25, 0.3) is 5.91 Å². The van der Waals surface area contributed by atoms with Crippen LogP contribution in [0.4, 0.5) is 0 Å². The van der Waals surface area contributed by atoms with Crippen LogP contribution in [0, 0.1) is 5.92 Å². The predicted octanol–water partition coefficient (Wildman–Crippen LogP) is 2.47. The molecule has 0 saturated heterocycles. The van der Waals surface area contributed by atoms with Gasteiger partial charge in [-0.2, -0.15) is 0 Å². The van der Waals surface area contributed by atoms with Crippen LogP contribution in [0.15, 0.2) is 24.3 Å². The summed E-state index contributed by atoms with van der Waals surface area (Å²) in [6.45, 7) is 6.34. The van der Waals surface area contributed by atoms with Crippen LogP contribution in [-0.4, -0.2) is 36.2 Å². The highest BCUT2D eigenvalue weighted by Gasteiger charge is 2.18. The van der Waals surface area contributed by atoms with Crippen LogP contribution < -0.4 is 14.8 Å². The lowest BCUT2D eigenvalue weighted by Gasteiger charge is -2.14. The zero-order valence-electron chi connectivity index (χ0n) is 13.9. The number of carbonyl (C=O) groups excluding carboxylic acids is 1. The number of carbonyl (C=O) groups is 2. The third-order valence-corrected chi connectivity index (χ3v) is 2.97. The average Bonchev–Trinajstić information content (AvgIpc) is 2.51. The molecule has 1 aromatic rings. The van der Waals surface area contributed by atoms with E-state index in [1.165, 1.54) is 0 Å². The fraction of sp³-hybridized carbons (Fsp3) is 0.529. The van der Waals surface area contributed by atoms with Crippen LogP contribution in [0.1, 0.15) is 33.6 Å². The molecular formula is C17H25NO5. The van der Waals surface area contributed by atoms with Crippen molar-refractivity contribution in [1.82, 2.24) is 5.32 Å². The zero-order valence-corrected chi connectivity index (χ0v) is 13.9. The Morgan fingerprint density at radius 1 is 1.22 bits per heavy atom. The Morgan fingerprint density at radius 2 is 1.87 bits per heavy atom. The summed E-state index contributed by atoms with van der Waals surface area (Å²) in [5.41, 5.74) is 0. The maximum Gasteiger partial charge on any atom is 0.326 e. The van der Waals surface area contributed by atoms with Gasteiger partial charge >= 0.3 is 5.97 Å². The number of rotatable bonds is 10. The van der Waals surface area contributed by atoms with E-state index in [9.17, 15) is 9.59 Å². The molecule has 0 heterocycles. The quantitative estimate of drug-likeness (QED) is 0.691. The van der Waals surface area contributed by atoms with Gasteiger partial charge in [-0.25, -0.2) is 4.79 Å². The number of aliphatic carboxylic acids is 1. The SMILES string of the molecule is CCCC(NC(=O)COc1cccc(OCC(C)C)c1)C(=O)O. The maximum atomic E-state index is 11.8. The molecule has 0 fully saturated rings. The summed E-state index contributed by atoms with van der Waals surface area (Å²) in [6.07, 6.45) is 1.06. The van der Waals surface area contributed by atoms with Crippen LogP contribution in [-0.2, 0) is 9.59 Å². The molecule has 1 rings (SSSR count). The van der Waals surface area contributed by atoms with Crippen molar-refractivity contribution in [3.8, 4) is 11.5 Å². The van der Waals surface area contributed by atoms with E-state index < -0.39 is 17.9 Å². The Morgan fingerprint density at radius 3 is 2.43 bits per heavy atom. The van der Waals surface area contributed by atoms with Gasteiger partial charge in [0.15, 0.2) is 6.61 Å². The molecule has 128 valence electrons. The number of carboxylic acid groups (broad SMARTS) is 1. The first-order valence-corrected chi connectivity index (χ1v) is 7.80. The first kappa shape index (κ1) is 18.8. The van der Waals surface area contributed by atoms with Crippen molar-refractivity contribution >= 4 is 11.9 Å².